The molecular formula is C17H31NO2S. The van der Waals surface area contributed by atoms with Crippen LogP contribution in [-0.2, 0) is 9.47 Å². The van der Waals surface area contributed by atoms with E-state index in [9.17, 15) is 0 Å². The molecule has 3 aliphatic rings. The van der Waals surface area contributed by atoms with Gasteiger partial charge in [0.2, 0.25) is 0 Å². The first-order valence-corrected chi connectivity index (χ1v) is 9.94. The molecule has 2 heterocycles. The van der Waals surface area contributed by atoms with E-state index in [1.165, 1.54) is 31.4 Å². The first-order chi connectivity index (χ1) is 10.2. The lowest BCUT2D eigenvalue weighted by molar-refractivity contribution is -0.175. The van der Waals surface area contributed by atoms with Crippen LogP contribution >= 0.6 is 11.8 Å². The number of hydrogen-bond donors (Lipinski definition) is 1. The summed E-state index contributed by atoms with van der Waals surface area (Å²) in [6.45, 7) is 3.85. The van der Waals surface area contributed by atoms with Crippen molar-refractivity contribution in [2.75, 3.05) is 24.7 Å². The summed E-state index contributed by atoms with van der Waals surface area (Å²) in [5.74, 6) is 3.29. The van der Waals surface area contributed by atoms with E-state index >= 15 is 0 Å². The summed E-state index contributed by atoms with van der Waals surface area (Å²) >= 11 is 2.03. The summed E-state index contributed by atoms with van der Waals surface area (Å²) in [7, 11) is 0. The van der Waals surface area contributed by atoms with E-state index in [0.717, 1.165) is 44.0 Å². The lowest BCUT2D eigenvalue weighted by Crippen LogP contribution is -2.50. The molecule has 0 radical (unpaired) electrons. The Bertz CT molecular complexity index is 336. The minimum absolute atomic E-state index is 0.0411. The number of nitrogens with two attached hydrogens (primary N) is 1. The predicted octanol–water partition coefficient (Wildman–Crippen LogP) is 3.36. The number of hydrogen-bond acceptors (Lipinski definition) is 4. The Hall–Kier alpha value is 0.230. The van der Waals surface area contributed by atoms with Gasteiger partial charge >= 0.3 is 0 Å². The molecule has 4 heteroatoms. The third-order valence-corrected chi connectivity index (χ3v) is 7.12. The van der Waals surface area contributed by atoms with E-state index in [1.54, 1.807) is 0 Å². The van der Waals surface area contributed by atoms with Crippen molar-refractivity contribution in [1.29, 1.82) is 0 Å². The average Bonchev–Trinajstić information content (AvgIpc) is 2.96. The topological polar surface area (TPSA) is 44.5 Å². The standard InChI is InChI=1S/C17H31NO2S/c1-2-14-3-6-16(12-18,7-4-14)20-15-5-9-19-17(11-15)8-10-21-13-17/h14-15H,2-13,18H2,1H3. The molecule has 122 valence electrons. The third kappa shape index (κ3) is 3.60. The van der Waals surface area contributed by atoms with E-state index in [0.29, 0.717) is 12.6 Å². The molecule has 0 aromatic heterocycles. The van der Waals surface area contributed by atoms with Crippen molar-refractivity contribution < 1.29 is 9.47 Å². The fourth-order valence-electron chi connectivity index (χ4n) is 4.28. The van der Waals surface area contributed by atoms with E-state index in [1.807, 2.05) is 11.8 Å². The molecule has 2 N–H and O–H groups in total. The Morgan fingerprint density at radius 2 is 2.05 bits per heavy atom. The number of thioether (sulfide) groups is 1. The van der Waals surface area contributed by atoms with Gasteiger partial charge in [-0.05, 0) is 50.2 Å². The largest absolute Gasteiger partial charge is 0.374 e. The zero-order valence-corrected chi connectivity index (χ0v) is 14.3. The second kappa shape index (κ2) is 6.77. The summed E-state index contributed by atoms with van der Waals surface area (Å²) in [6, 6.07) is 0. The average molecular weight is 314 g/mol. The van der Waals surface area contributed by atoms with Gasteiger partial charge in [-0.2, -0.15) is 11.8 Å². The molecule has 2 unspecified atom stereocenters. The van der Waals surface area contributed by atoms with Crippen molar-refractivity contribution in [3.8, 4) is 0 Å². The third-order valence-electron chi connectivity index (χ3n) is 5.90. The van der Waals surface area contributed by atoms with Gasteiger partial charge in [-0.3, -0.25) is 0 Å². The summed E-state index contributed by atoms with van der Waals surface area (Å²) in [6.07, 6.45) is 9.88. The summed E-state index contributed by atoms with van der Waals surface area (Å²) in [4.78, 5) is 0. The summed E-state index contributed by atoms with van der Waals surface area (Å²) in [5, 5.41) is 0. The molecular weight excluding hydrogens is 282 g/mol. The van der Waals surface area contributed by atoms with Gasteiger partial charge in [-0.1, -0.05) is 13.3 Å². The van der Waals surface area contributed by atoms with E-state index < -0.39 is 0 Å². The van der Waals surface area contributed by atoms with Crippen LogP contribution in [0.2, 0.25) is 0 Å². The van der Waals surface area contributed by atoms with Gasteiger partial charge in [0.05, 0.1) is 17.3 Å². The first kappa shape index (κ1) is 16.1. The molecule has 3 rings (SSSR count). The molecule has 1 aliphatic carbocycles. The second-order valence-electron chi connectivity index (χ2n) is 7.31. The number of rotatable bonds is 4. The van der Waals surface area contributed by atoms with Crippen LogP contribution in [0.3, 0.4) is 0 Å². The van der Waals surface area contributed by atoms with E-state index in [-0.39, 0.29) is 11.2 Å². The molecule has 2 aliphatic heterocycles. The molecule has 1 spiro atoms. The minimum atomic E-state index is -0.0411. The predicted molar refractivity (Wildman–Crippen MR) is 88.8 cm³/mol. The fourth-order valence-corrected chi connectivity index (χ4v) is 5.66. The lowest BCUT2D eigenvalue weighted by atomic mass is 9.77. The van der Waals surface area contributed by atoms with E-state index in [4.69, 9.17) is 15.2 Å². The van der Waals surface area contributed by atoms with Crippen LogP contribution in [0.5, 0.6) is 0 Å². The molecule has 0 amide bonds. The maximum Gasteiger partial charge on any atom is 0.0808 e. The Morgan fingerprint density at radius 3 is 2.67 bits per heavy atom. The van der Waals surface area contributed by atoms with Crippen molar-refractivity contribution in [3.63, 3.8) is 0 Å². The highest BCUT2D eigenvalue weighted by Crippen LogP contribution is 2.42. The molecule has 0 aromatic rings. The van der Waals surface area contributed by atoms with Gasteiger partial charge in [0.1, 0.15) is 0 Å². The molecule has 1 saturated carbocycles. The quantitative estimate of drug-likeness (QED) is 0.864. The molecule has 21 heavy (non-hydrogen) atoms. The minimum Gasteiger partial charge on any atom is -0.374 e. The van der Waals surface area contributed by atoms with Gasteiger partial charge in [-0.25, -0.2) is 0 Å². The fraction of sp³-hybridized carbons (Fsp3) is 1.00. The Morgan fingerprint density at radius 1 is 1.24 bits per heavy atom. The SMILES string of the molecule is CCC1CCC(CN)(OC2CCOC3(CCSC3)C2)CC1. The zero-order valence-electron chi connectivity index (χ0n) is 13.4. The highest BCUT2D eigenvalue weighted by atomic mass is 32.2. The molecule has 3 fully saturated rings. The van der Waals surface area contributed by atoms with Crippen LogP contribution in [-0.4, -0.2) is 42.0 Å². The van der Waals surface area contributed by atoms with Crippen molar-refractivity contribution in [1.82, 2.24) is 0 Å². The normalized spacial score (nSPS) is 44.3. The van der Waals surface area contributed by atoms with Crippen LogP contribution in [0.15, 0.2) is 0 Å². The zero-order chi connectivity index (χ0) is 14.8. The summed E-state index contributed by atoms with van der Waals surface area (Å²) < 4.78 is 12.7. The summed E-state index contributed by atoms with van der Waals surface area (Å²) in [5.41, 5.74) is 6.20. The van der Waals surface area contributed by atoms with Gasteiger partial charge in [0.25, 0.3) is 0 Å². The van der Waals surface area contributed by atoms with Crippen molar-refractivity contribution in [3.05, 3.63) is 0 Å². The van der Waals surface area contributed by atoms with Crippen LogP contribution in [0.1, 0.15) is 58.3 Å². The van der Waals surface area contributed by atoms with Crippen LogP contribution in [0, 0.1) is 5.92 Å². The highest BCUT2D eigenvalue weighted by molar-refractivity contribution is 7.99. The maximum atomic E-state index is 6.63. The Kier molecular flexibility index (Phi) is 5.19. The molecule has 0 aromatic carbocycles. The highest BCUT2D eigenvalue weighted by Gasteiger charge is 2.44. The van der Waals surface area contributed by atoms with Gasteiger partial charge < -0.3 is 15.2 Å². The molecule has 2 atom stereocenters. The van der Waals surface area contributed by atoms with Crippen LogP contribution in [0.25, 0.3) is 0 Å². The monoisotopic (exact) mass is 313 g/mol. The molecule has 3 nitrogen and oxygen atoms in total. The van der Waals surface area contributed by atoms with E-state index in [2.05, 4.69) is 6.92 Å². The second-order valence-corrected chi connectivity index (χ2v) is 8.41. The van der Waals surface area contributed by atoms with Crippen LogP contribution in [0.4, 0.5) is 0 Å². The van der Waals surface area contributed by atoms with Crippen LogP contribution < -0.4 is 5.73 Å². The molecule has 2 saturated heterocycles. The molecule has 0 bridgehead atoms. The Balaban J connectivity index is 1.59. The number of ether oxygens (including phenoxy) is 2. The van der Waals surface area contributed by atoms with Gasteiger partial charge in [0.15, 0.2) is 0 Å². The maximum absolute atomic E-state index is 6.63. The van der Waals surface area contributed by atoms with Gasteiger partial charge in [-0.15, -0.1) is 0 Å². The smallest absolute Gasteiger partial charge is 0.0808 e. The van der Waals surface area contributed by atoms with Crippen molar-refractivity contribution >= 4 is 11.8 Å². The Labute approximate surface area is 133 Å². The first-order valence-electron chi connectivity index (χ1n) is 8.79. The van der Waals surface area contributed by atoms with Gasteiger partial charge in [0, 0.05) is 25.3 Å². The van der Waals surface area contributed by atoms with Crippen molar-refractivity contribution in [2.24, 2.45) is 11.7 Å². The lowest BCUT2D eigenvalue weighted by Gasteiger charge is -2.45. The van der Waals surface area contributed by atoms with Crippen molar-refractivity contribution in [2.45, 2.75) is 75.6 Å².